The van der Waals surface area contributed by atoms with Gasteiger partial charge in [-0.05, 0) is 53.7 Å². The molecule has 4 heteroatoms. The summed E-state index contributed by atoms with van der Waals surface area (Å²) >= 11 is 0. The molecule has 0 saturated carbocycles. The van der Waals surface area contributed by atoms with E-state index in [2.05, 4.69) is 53.0 Å². The van der Waals surface area contributed by atoms with E-state index in [9.17, 15) is 9.90 Å². The van der Waals surface area contributed by atoms with Crippen LogP contribution in [0.3, 0.4) is 0 Å². The van der Waals surface area contributed by atoms with Crippen molar-refractivity contribution < 1.29 is 14.6 Å². The summed E-state index contributed by atoms with van der Waals surface area (Å²) in [6.45, 7) is 3.77. The number of rotatable bonds is 7. The van der Waals surface area contributed by atoms with Crippen molar-refractivity contribution in [3.05, 3.63) is 76.4 Å². The zero-order valence-electron chi connectivity index (χ0n) is 16.0. The number of ether oxygens (including phenoxy) is 1. The SMILES string of the molecule is COC(=O)C=Cc1ccc2c(c1)CCC2N(CCO)Cc1ccccc1C. The first kappa shape index (κ1) is 19.3. The molecule has 27 heavy (non-hydrogen) atoms. The van der Waals surface area contributed by atoms with Crippen LogP contribution in [-0.4, -0.2) is 36.2 Å². The number of nitrogens with zero attached hydrogens (tertiary/aromatic N) is 1. The van der Waals surface area contributed by atoms with Gasteiger partial charge in [-0.15, -0.1) is 0 Å². The van der Waals surface area contributed by atoms with E-state index in [-0.39, 0.29) is 12.6 Å². The predicted molar refractivity (Wildman–Crippen MR) is 107 cm³/mol. The zero-order valence-corrected chi connectivity index (χ0v) is 16.0. The van der Waals surface area contributed by atoms with Gasteiger partial charge < -0.3 is 9.84 Å². The summed E-state index contributed by atoms with van der Waals surface area (Å²) in [6.07, 6.45) is 5.30. The van der Waals surface area contributed by atoms with E-state index in [1.54, 1.807) is 6.08 Å². The highest BCUT2D eigenvalue weighted by Gasteiger charge is 2.28. The summed E-state index contributed by atoms with van der Waals surface area (Å²) in [5.41, 5.74) is 6.23. The number of hydrogen-bond donors (Lipinski definition) is 1. The molecule has 0 fully saturated rings. The largest absolute Gasteiger partial charge is 0.466 e. The molecule has 0 radical (unpaired) electrons. The van der Waals surface area contributed by atoms with E-state index < -0.39 is 0 Å². The number of carbonyl (C=O) groups is 1. The molecule has 3 rings (SSSR count). The molecule has 0 aromatic heterocycles. The van der Waals surface area contributed by atoms with Gasteiger partial charge in [0.05, 0.1) is 13.7 Å². The molecule has 0 saturated heterocycles. The second-order valence-electron chi connectivity index (χ2n) is 6.99. The van der Waals surface area contributed by atoms with E-state index in [0.717, 1.165) is 24.9 Å². The minimum Gasteiger partial charge on any atom is -0.466 e. The molecule has 2 aromatic carbocycles. The molecule has 0 amide bonds. The Labute approximate surface area is 161 Å². The number of carbonyl (C=O) groups excluding carboxylic acids is 1. The van der Waals surface area contributed by atoms with Crippen LogP contribution in [0.25, 0.3) is 6.08 Å². The third-order valence-electron chi connectivity index (χ3n) is 5.29. The lowest BCUT2D eigenvalue weighted by molar-refractivity contribution is -0.134. The summed E-state index contributed by atoms with van der Waals surface area (Å²) in [5.74, 6) is -0.347. The van der Waals surface area contributed by atoms with Crippen LogP contribution in [0.4, 0.5) is 0 Å². The Morgan fingerprint density at radius 1 is 1.30 bits per heavy atom. The van der Waals surface area contributed by atoms with Gasteiger partial charge in [0, 0.05) is 25.2 Å². The standard InChI is InChI=1S/C23H27NO3/c1-17-5-3-4-6-20(17)16-24(13-14-25)22-11-9-19-15-18(7-10-21(19)22)8-12-23(26)27-2/h3-8,10,12,15,22,25H,9,11,13-14,16H2,1-2H3. The molecular weight excluding hydrogens is 338 g/mol. The summed E-state index contributed by atoms with van der Waals surface area (Å²) in [4.78, 5) is 13.7. The Balaban J connectivity index is 1.80. The number of methoxy groups -OCH3 is 1. The minimum absolute atomic E-state index is 0.150. The third-order valence-corrected chi connectivity index (χ3v) is 5.29. The molecule has 0 bridgehead atoms. The molecule has 1 aliphatic carbocycles. The maximum Gasteiger partial charge on any atom is 0.330 e. The van der Waals surface area contributed by atoms with Crippen LogP contribution < -0.4 is 0 Å². The Bertz CT molecular complexity index is 828. The summed E-state index contributed by atoms with van der Waals surface area (Å²) in [7, 11) is 1.38. The Kier molecular flexibility index (Phi) is 6.43. The van der Waals surface area contributed by atoms with E-state index in [1.807, 2.05) is 6.07 Å². The molecular formula is C23H27NO3. The van der Waals surface area contributed by atoms with Gasteiger partial charge in [-0.25, -0.2) is 4.79 Å². The lowest BCUT2D eigenvalue weighted by Crippen LogP contribution is -2.30. The molecule has 0 aliphatic heterocycles. The average Bonchev–Trinajstić information content (AvgIpc) is 3.10. The lowest BCUT2D eigenvalue weighted by atomic mass is 10.0. The molecule has 0 heterocycles. The normalized spacial score (nSPS) is 16.1. The van der Waals surface area contributed by atoms with Crippen LogP contribution in [0.15, 0.2) is 48.5 Å². The topological polar surface area (TPSA) is 49.8 Å². The minimum atomic E-state index is -0.347. The number of aliphatic hydroxyl groups excluding tert-OH is 1. The van der Waals surface area contributed by atoms with Gasteiger partial charge in [0.15, 0.2) is 0 Å². The average molecular weight is 365 g/mol. The number of aryl methyl sites for hydroxylation is 2. The van der Waals surface area contributed by atoms with Crippen molar-refractivity contribution in [2.75, 3.05) is 20.3 Å². The molecule has 1 unspecified atom stereocenters. The Hall–Kier alpha value is -2.43. The second-order valence-corrected chi connectivity index (χ2v) is 6.99. The van der Waals surface area contributed by atoms with Crippen molar-refractivity contribution in [2.45, 2.75) is 32.4 Å². The highest BCUT2D eigenvalue weighted by molar-refractivity contribution is 5.86. The third kappa shape index (κ3) is 4.65. The van der Waals surface area contributed by atoms with Gasteiger partial charge in [0.25, 0.3) is 0 Å². The maximum absolute atomic E-state index is 11.3. The van der Waals surface area contributed by atoms with Gasteiger partial charge >= 0.3 is 5.97 Å². The monoisotopic (exact) mass is 365 g/mol. The molecule has 0 spiro atoms. The van der Waals surface area contributed by atoms with Crippen LogP contribution in [0.1, 0.15) is 40.3 Å². The Morgan fingerprint density at radius 3 is 2.85 bits per heavy atom. The number of esters is 1. The fourth-order valence-corrected chi connectivity index (χ4v) is 3.81. The molecule has 4 nitrogen and oxygen atoms in total. The van der Waals surface area contributed by atoms with Crippen molar-refractivity contribution >= 4 is 12.0 Å². The number of aliphatic hydroxyl groups is 1. The molecule has 2 aromatic rings. The van der Waals surface area contributed by atoms with Crippen molar-refractivity contribution in [1.29, 1.82) is 0 Å². The first-order chi connectivity index (χ1) is 13.1. The summed E-state index contributed by atoms with van der Waals surface area (Å²) in [6, 6.07) is 15.1. The van der Waals surface area contributed by atoms with E-state index in [1.165, 1.54) is 35.4 Å². The van der Waals surface area contributed by atoms with Crippen LogP contribution in [0, 0.1) is 6.92 Å². The van der Waals surface area contributed by atoms with E-state index >= 15 is 0 Å². The van der Waals surface area contributed by atoms with Gasteiger partial charge in [0.2, 0.25) is 0 Å². The molecule has 1 N–H and O–H groups in total. The molecule has 142 valence electrons. The second kappa shape index (κ2) is 8.98. The van der Waals surface area contributed by atoms with Crippen LogP contribution in [-0.2, 0) is 22.5 Å². The Morgan fingerprint density at radius 2 is 2.11 bits per heavy atom. The number of benzene rings is 2. The first-order valence-electron chi connectivity index (χ1n) is 9.40. The fraction of sp³-hybridized carbons (Fsp3) is 0.348. The van der Waals surface area contributed by atoms with Crippen molar-refractivity contribution in [3.63, 3.8) is 0 Å². The van der Waals surface area contributed by atoms with Gasteiger partial charge in [-0.1, -0.05) is 42.5 Å². The molecule has 1 aliphatic rings. The zero-order chi connectivity index (χ0) is 19.2. The highest BCUT2D eigenvalue weighted by Crippen LogP contribution is 2.37. The quantitative estimate of drug-likeness (QED) is 0.601. The van der Waals surface area contributed by atoms with Crippen LogP contribution in [0.2, 0.25) is 0 Å². The van der Waals surface area contributed by atoms with Gasteiger partial charge in [-0.2, -0.15) is 0 Å². The lowest BCUT2D eigenvalue weighted by Gasteiger charge is -2.29. The fourth-order valence-electron chi connectivity index (χ4n) is 3.81. The summed E-state index contributed by atoms with van der Waals surface area (Å²) in [5, 5.41) is 9.59. The highest BCUT2D eigenvalue weighted by atomic mass is 16.5. The van der Waals surface area contributed by atoms with Crippen LogP contribution >= 0.6 is 0 Å². The number of hydrogen-bond acceptors (Lipinski definition) is 4. The van der Waals surface area contributed by atoms with E-state index in [0.29, 0.717) is 12.6 Å². The van der Waals surface area contributed by atoms with Gasteiger partial charge in [0.1, 0.15) is 0 Å². The first-order valence-corrected chi connectivity index (χ1v) is 9.40. The molecule has 1 atom stereocenters. The number of fused-ring (bicyclic) bond motifs is 1. The van der Waals surface area contributed by atoms with Crippen molar-refractivity contribution in [3.8, 4) is 0 Å². The summed E-state index contributed by atoms with van der Waals surface area (Å²) < 4.78 is 4.65. The predicted octanol–water partition coefficient (Wildman–Crippen LogP) is 3.66. The van der Waals surface area contributed by atoms with Crippen molar-refractivity contribution in [2.24, 2.45) is 0 Å². The van der Waals surface area contributed by atoms with Crippen molar-refractivity contribution in [1.82, 2.24) is 4.90 Å². The van der Waals surface area contributed by atoms with Crippen LogP contribution in [0.5, 0.6) is 0 Å². The maximum atomic E-state index is 11.3. The smallest absolute Gasteiger partial charge is 0.330 e. The van der Waals surface area contributed by atoms with E-state index in [4.69, 9.17) is 0 Å². The van der Waals surface area contributed by atoms with Gasteiger partial charge in [-0.3, -0.25) is 4.90 Å².